The SMILES string of the molecule is C=Cc1ccc(CC(=O)N2CCN(C(=O)OC(C)(C)C)CC2)cc1. The van der Waals surface area contributed by atoms with Gasteiger partial charge in [0, 0.05) is 26.2 Å². The highest BCUT2D eigenvalue weighted by molar-refractivity contribution is 5.79. The maximum Gasteiger partial charge on any atom is 0.410 e. The number of nitrogens with zero attached hydrogens (tertiary/aromatic N) is 2. The van der Waals surface area contributed by atoms with Crippen LogP contribution in [-0.4, -0.2) is 53.6 Å². The van der Waals surface area contributed by atoms with Crippen LogP contribution in [0.5, 0.6) is 0 Å². The Labute approximate surface area is 143 Å². The van der Waals surface area contributed by atoms with Crippen LogP contribution >= 0.6 is 0 Å². The fraction of sp³-hybridized carbons (Fsp3) is 0.474. The van der Waals surface area contributed by atoms with Crippen molar-refractivity contribution in [3.8, 4) is 0 Å². The van der Waals surface area contributed by atoms with Crippen molar-refractivity contribution in [1.82, 2.24) is 9.80 Å². The van der Waals surface area contributed by atoms with E-state index in [1.807, 2.05) is 49.9 Å². The average molecular weight is 330 g/mol. The molecule has 0 N–H and O–H groups in total. The lowest BCUT2D eigenvalue weighted by Gasteiger charge is -2.35. The number of amides is 2. The Kier molecular flexibility index (Phi) is 5.65. The summed E-state index contributed by atoms with van der Waals surface area (Å²) in [7, 11) is 0. The Balaban J connectivity index is 1.83. The molecule has 5 heteroatoms. The molecule has 24 heavy (non-hydrogen) atoms. The van der Waals surface area contributed by atoms with E-state index in [1.54, 1.807) is 11.0 Å². The Morgan fingerprint density at radius 2 is 1.62 bits per heavy atom. The molecule has 1 aliphatic heterocycles. The van der Waals surface area contributed by atoms with Gasteiger partial charge in [-0.05, 0) is 31.9 Å². The first-order chi connectivity index (χ1) is 11.3. The first kappa shape index (κ1) is 18.0. The van der Waals surface area contributed by atoms with Crippen LogP contribution in [0.1, 0.15) is 31.9 Å². The van der Waals surface area contributed by atoms with Crippen LogP contribution in [0.15, 0.2) is 30.8 Å². The molecule has 1 aromatic carbocycles. The predicted octanol–water partition coefficient (Wildman–Crippen LogP) is 2.95. The summed E-state index contributed by atoms with van der Waals surface area (Å²) in [5, 5.41) is 0. The number of hydrogen-bond donors (Lipinski definition) is 0. The van der Waals surface area contributed by atoms with Gasteiger partial charge in [-0.1, -0.05) is 36.9 Å². The van der Waals surface area contributed by atoms with Gasteiger partial charge < -0.3 is 14.5 Å². The number of rotatable bonds is 3. The summed E-state index contributed by atoms with van der Waals surface area (Å²) in [5.41, 5.74) is 1.53. The van der Waals surface area contributed by atoms with E-state index >= 15 is 0 Å². The van der Waals surface area contributed by atoms with Crippen LogP contribution in [0.25, 0.3) is 6.08 Å². The Bertz CT molecular complexity index is 594. The number of carbonyl (C=O) groups excluding carboxylic acids is 2. The molecule has 1 saturated heterocycles. The van der Waals surface area contributed by atoms with Crippen molar-refractivity contribution in [2.45, 2.75) is 32.8 Å². The fourth-order valence-corrected chi connectivity index (χ4v) is 2.52. The second-order valence-electron chi connectivity index (χ2n) is 6.97. The van der Waals surface area contributed by atoms with Gasteiger partial charge in [0.2, 0.25) is 5.91 Å². The summed E-state index contributed by atoms with van der Waals surface area (Å²) >= 11 is 0. The van der Waals surface area contributed by atoms with Crippen LogP contribution in [-0.2, 0) is 16.0 Å². The van der Waals surface area contributed by atoms with Gasteiger partial charge in [-0.2, -0.15) is 0 Å². The van der Waals surface area contributed by atoms with Crippen molar-refractivity contribution >= 4 is 18.1 Å². The van der Waals surface area contributed by atoms with Gasteiger partial charge in [0.05, 0.1) is 6.42 Å². The molecule has 0 unspecified atom stereocenters. The van der Waals surface area contributed by atoms with E-state index < -0.39 is 5.60 Å². The highest BCUT2D eigenvalue weighted by Crippen LogP contribution is 2.13. The second-order valence-corrected chi connectivity index (χ2v) is 6.97. The zero-order chi connectivity index (χ0) is 17.7. The quantitative estimate of drug-likeness (QED) is 0.856. The lowest BCUT2D eigenvalue weighted by Crippen LogP contribution is -2.51. The Hall–Kier alpha value is -2.30. The molecule has 1 aliphatic rings. The van der Waals surface area contributed by atoms with Crippen LogP contribution in [0.2, 0.25) is 0 Å². The van der Waals surface area contributed by atoms with Gasteiger partial charge in [-0.25, -0.2) is 4.79 Å². The van der Waals surface area contributed by atoms with E-state index in [1.165, 1.54) is 0 Å². The molecule has 130 valence electrons. The molecule has 0 saturated carbocycles. The molecule has 0 aliphatic carbocycles. The van der Waals surface area contributed by atoms with Gasteiger partial charge in [0.15, 0.2) is 0 Å². The third-order valence-electron chi connectivity index (χ3n) is 3.85. The number of piperazine rings is 1. The number of benzene rings is 1. The van der Waals surface area contributed by atoms with Crippen molar-refractivity contribution in [1.29, 1.82) is 0 Å². The van der Waals surface area contributed by atoms with E-state index in [-0.39, 0.29) is 12.0 Å². The molecule has 1 heterocycles. The molecule has 0 bridgehead atoms. The largest absolute Gasteiger partial charge is 0.444 e. The van der Waals surface area contributed by atoms with Gasteiger partial charge >= 0.3 is 6.09 Å². The molecule has 2 amide bonds. The van der Waals surface area contributed by atoms with Gasteiger partial charge in [0.1, 0.15) is 5.60 Å². The zero-order valence-electron chi connectivity index (χ0n) is 14.7. The summed E-state index contributed by atoms with van der Waals surface area (Å²) < 4.78 is 5.37. The Morgan fingerprint density at radius 3 is 2.12 bits per heavy atom. The van der Waals surface area contributed by atoms with Crippen molar-refractivity contribution < 1.29 is 14.3 Å². The predicted molar refractivity (Wildman–Crippen MR) is 94.6 cm³/mol. The molecule has 2 rings (SSSR count). The Morgan fingerprint density at radius 1 is 1.08 bits per heavy atom. The topological polar surface area (TPSA) is 49.9 Å². The molecule has 0 spiro atoms. The number of carbonyl (C=O) groups is 2. The number of hydrogen-bond acceptors (Lipinski definition) is 3. The van der Waals surface area contributed by atoms with E-state index in [0.29, 0.717) is 32.6 Å². The number of ether oxygens (including phenoxy) is 1. The van der Waals surface area contributed by atoms with Crippen molar-refractivity contribution in [2.75, 3.05) is 26.2 Å². The van der Waals surface area contributed by atoms with Crippen LogP contribution in [0.3, 0.4) is 0 Å². The summed E-state index contributed by atoms with van der Waals surface area (Å²) in [6, 6.07) is 7.81. The lowest BCUT2D eigenvalue weighted by atomic mass is 10.1. The van der Waals surface area contributed by atoms with Gasteiger partial charge in [0.25, 0.3) is 0 Å². The lowest BCUT2D eigenvalue weighted by molar-refractivity contribution is -0.132. The van der Waals surface area contributed by atoms with Crippen LogP contribution in [0, 0.1) is 0 Å². The van der Waals surface area contributed by atoms with Crippen LogP contribution in [0.4, 0.5) is 4.79 Å². The van der Waals surface area contributed by atoms with Gasteiger partial charge in [-0.15, -0.1) is 0 Å². The molecule has 5 nitrogen and oxygen atoms in total. The van der Waals surface area contributed by atoms with Crippen molar-refractivity contribution in [3.05, 3.63) is 42.0 Å². The molecule has 0 aromatic heterocycles. The highest BCUT2D eigenvalue weighted by Gasteiger charge is 2.27. The molecule has 1 fully saturated rings. The third kappa shape index (κ3) is 5.11. The van der Waals surface area contributed by atoms with Crippen molar-refractivity contribution in [3.63, 3.8) is 0 Å². The van der Waals surface area contributed by atoms with E-state index in [2.05, 4.69) is 6.58 Å². The molecular weight excluding hydrogens is 304 g/mol. The summed E-state index contributed by atoms with van der Waals surface area (Å²) in [5.74, 6) is 0.0881. The maximum absolute atomic E-state index is 12.4. The third-order valence-corrected chi connectivity index (χ3v) is 3.85. The molecular formula is C19H26N2O3. The smallest absolute Gasteiger partial charge is 0.410 e. The van der Waals surface area contributed by atoms with Crippen molar-refractivity contribution in [2.24, 2.45) is 0 Å². The minimum absolute atomic E-state index is 0.0881. The summed E-state index contributed by atoms with van der Waals surface area (Å²) in [6.07, 6.45) is 1.85. The van der Waals surface area contributed by atoms with Crippen LogP contribution < -0.4 is 0 Å². The monoisotopic (exact) mass is 330 g/mol. The fourth-order valence-electron chi connectivity index (χ4n) is 2.52. The van der Waals surface area contributed by atoms with E-state index in [4.69, 9.17) is 4.74 Å². The highest BCUT2D eigenvalue weighted by atomic mass is 16.6. The summed E-state index contributed by atoms with van der Waals surface area (Å²) in [6.45, 7) is 11.4. The molecule has 1 aromatic rings. The van der Waals surface area contributed by atoms with Gasteiger partial charge in [-0.3, -0.25) is 4.79 Å². The normalized spacial score (nSPS) is 15.1. The second kappa shape index (κ2) is 7.51. The summed E-state index contributed by atoms with van der Waals surface area (Å²) in [4.78, 5) is 27.9. The first-order valence-electron chi connectivity index (χ1n) is 8.25. The van der Waals surface area contributed by atoms with E-state index in [9.17, 15) is 9.59 Å². The average Bonchev–Trinajstić information content (AvgIpc) is 2.54. The molecule has 0 radical (unpaired) electrons. The zero-order valence-corrected chi connectivity index (χ0v) is 14.7. The van der Waals surface area contributed by atoms with E-state index in [0.717, 1.165) is 11.1 Å². The molecule has 0 atom stereocenters. The first-order valence-corrected chi connectivity index (χ1v) is 8.25. The minimum atomic E-state index is -0.498. The minimum Gasteiger partial charge on any atom is -0.444 e. The standard InChI is InChI=1S/C19H26N2O3/c1-5-15-6-8-16(9-7-15)14-17(22)20-10-12-21(13-11-20)18(23)24-19(2,3)4/h5-9H,1,10-14H2,2-4H3. The maximum atomic E-state index is 12.4.